The Morgan fingerprint density at radius 2 is 2.08 bits per heavy atom. The number of thiazole rings is 1. The molecule has 2 atom stereocenters. The number of β-lactam (4-membered cyclic amide) rings is 1. The van der Waals surface area contributed by atoms with Crippen LogP contribution < -0.4 is 22.2 Å². The van der Waals surface area contributed by atoms with Gasteiger partial charge in [-0.15, -0.1) is 35.7 Å². The number of aryl methyl sites for hydroxylation is 1. The molecule has 2 aromatic rings. The number of nitrogens with two attached hydrogens (primary N) is 1. The number of thioether (sulfide) groups is 1. The van der Waals surface area contributed by atoms with Crippen LogP contribution in [0, 0.1) is 0 Å². The fraction of sp³-hybridized carbons (Fsp3) is 0.286. The Bertz CT molecular complexity index is 1640. The van der Waals surface area contributed by atoms with Gasteiger partial charge in [-0.25, -0.2) is 14.5 Å². The van der Waals surface area contributed by atoms with Gasteiger partial charge >= 0.3 is 17.1 Å². The second kappa shape index (κ2) is 11.5. The van der Waals surface area contributed by atoms with Gasteiger partial charge in [0.25, 0.3) is 11.8 Å². The number of carboxylic acids is 1. The Hall–Kier alpha value is -4.23. The number of carboxylic acid groups (broad SMARTS) is 1. The Morgan fingerprint density at radius 3 is 2.67 bits per heavy atom. The number of thiol groups is 1. The van der Waals surface area contributed by atoms with E-state index in [1.165, 1.54) is 37.4 Å². The molecule has 0 spiro atoms. The average molecular weight is 609 g/mol. The number of amides is 2. The van der Waals surface area contributed by atoms with E-state index in [4.69, 9.17) is 10.6 Å². The largest absolute Gasteiger partial charge is 0.477 e. The van der Waals surface area contributed by atoms with Crippen LogP contribution in [0.5, 0.6) is 0 Å². The molecule has 0 aromatic carbocycles. The van der Waals surface area contributed by atoms with Gasteiger partial charge in [-0.3, -0.25) is 28.6 Å². The lowest BCUT2D eigenvalue weighted by Crippen LogP contribution is -2.71. The van der Waals surface area contributed by atoms with Crippen LogP contribution in [-0.4, -0.2) is 83.4 Å². The predicted octanol–water partition coefficient (Wildman–Crippen LogP) is -1.76. The quantitative estimate of drug-likeness (QED) is 0.0621. The molecule has 40 heavy (non-hydrogen) atoms. The second-order valence-electron chi connectivity index (χ2n) is 8.10. The molecule has 210 valence electrons. The predicted molar refractivity (Wildman–Crippen MR) is 147 cm³/mol. The summed E-state index contributed by atoms with van der Waals surface area (Å²) in [6.07, 6.45) is 1.69. The second-order valence-corrected chi connectivity index (χ2v) is 10.6. The number of aldehydes is 1. The molecule has 4 N–H and O–H groups in total. The molecule has 0 saturated carbocycles. The maximum Gasteiger partial charge on any atom is 0.352 e. The van der Waals surface area contributed by atoms with Gasteiger partial charge in [-0.2, -0.15) is 5.10 Å². The summed E-state index contributed by atoms with van der Waals surface area (Å²) in [6.45, 7) is -0.481. The molecule has 16 nitrogen and oxygen atoms in total. The zero-order valence-electron chi connectivity index (χ0n) is 20.6. The number of aromatic nitrogens is 4. The van der Waals surface area contributed by atoms with E-state index in [0.717, 1.165) is 25.5 Å². The third-order valence-corrected chi connectivity index (χ3v) is 7.97. The SMILES string of the molecule is CON=C(C(=O)NC1C(=O)N2C(C(=O)O)=C(C=C(S)c3nn(C)c(=O)c(=O)n3CC=O)CSC12)c1csc(N)n1. The number of carbonyl (C=O) groups is 4. The van der Waals surface area contributed by atoms with Gasteiger partial charge in [0.2, 0.25) is 0 Å². The van der Waals surface area contributed by atoms with Crippen LogP contribution in [0.25, 0.3) is 4.91 Å². The Morgan fingerprint density at radius 1 is 1.35 bits per heavy atom. The lowest BCUT2D eigenvalue weighted by molar-refractivity contribution is -0.150. The first-order valence-corrected chi connectivity index (χ1v) is 13.4. The van der Waals surface area contributed by atoms with Crippen LogP contribution in [0.2, 0.25) is 0 Å². The minimum absolute atomic E-state index is 0.0249. The van der Waals surface area contributed by atoms with Crippen molar-refractivity contribution in [3.05, 3.63) is 55.0 Å². The van der Waals surface area contributed by atoms with Crippen molar-refractivity contribution in [2.24, 2.45) is 12.2 Å². The van der Waals surface area contributed by atoms with Gasteiger partial charge < -0.3 is 25.8 Å². The number of oxime groups is 1. The number of rotatable bonds is 9. The van der Waals surface area contributed by atoms with Crippen LogP contribution >= 0.6 is 35.7 Å². The van der Waals surface area contributed by atoms with Gasteiger partial charge in [0.1, 0.15) is 36.2 Å². The molecule has 0 radical (unpaired) electrons. The first kappa shape index (κ1) is 28.8. The van der Waals surface area contributed by atoms with E-state index in [-0.39, 0.29) is 44.3 Å². The number of hydrogen-bond acceptors (Lipinski definition) is 14. The molecule has 2 aliphatic rings. The Labute approximate surface area is 237 Å². The minimum atomic E-state index is -1.42. The van der Waals surface area contributed by atoms with E-state index in [9.17, 15) is 33.9 Å². The first-order valence-electron chi connectivity index (χ1n) is 11.1. The molecule has 2 aromatic heterocycles. The molecule has 4 rings (SSSR count). The molecule has 4 heterocycles. The molecular weight excluding hydrogens is 588 g/mol. The van der Waals surface area contributed by atoms with E-state index in [0.29, 0.717) is 6.29 Å². The van der Waals surface area contributed by atoms with Crippen LogP contribution in [0.4, 0.5) is 5.13 Å². The highest BCUT2D eigenvalue weighted by Gasteiger charge is 2.54. The van der Waals surface area contributed by atoms with E-state index in [2.05, 4.69) is 33.2 Å². The fourth-order valence-electron chi connectivity index (χ4n) is 3.91. The maximum atomic E-state index is 13.1. The summed E-state index contributed by atoms with van der Waals surface area (Å²) in [5, 5.41) is 21.1. The average Bonchev–Trinajstić information content (AvgIpc) is 3.35. The fourth-order valence-corrected chi connectivity index (χ4v) is 6.09. The molecule has 19 heteroatoms. The van der Waals surface area contributed by atoms with Crippen molar-refractivity contribution in [2.45, 2.75) is 18.0 Å². The van der Waals surface area contributed by atoms with Gasteiger partial charge in [0.15, 0.2) is 16.7 Å². The van der Waals surface area contributed by atoms with Gasteiger partial charge in [-0.05, 0) is 11.6 Å². The molecule has 0 bridgehead atoms. The number of nitrogens with one attached hydrogen (secondary N) is 1. The zero-order valence-corrected chi connectivity index (χ0v) is 23.2. The third kappa shape index (κ3) is 5.17. The zero-order chi connectivity index (χ0) is 29.3. The monoisotopic (exact) mass is 608 g/mol. The smallest absolute Gasteiger partial charge is 0.352 e. The lowest BCUT2D eigenvalue weighted by Gasteiger charge is -2.49. The van der Waals surface area contributed by atoms with Crippen molar-refractivity contribution < 1.29 is 29.1 Å². The number of fused-ring (bicyclic) bond motifs is 1. The Balaban J connectivity index is 1.64. The molecule has 1 saturated heterocycles. The van der Waals surface area contributed by atoms with Crippen LogP contribution in [0.15, 0.2) is 37.5 Å². The summed E-state index contributed by atoms with van der Waals surface area (Å²) in [4.78, 5) is 83.3. The summed E-state index contributed by atoms with van der Waals surface area (Å²) < 4.78 is 1.58. The summed E-state index contributed by atoms with van der Waals surface area (Å²) >= 11 is 6.58. The molecule has 2 amide bonds. The highest BCUT2D eigenvalue weighted by Crippen LogP contribution is 2.41. The van der Waals surface area contributed by atoms with Crippen molar-refractivity contribution in [3.63, 3.8) is 0 Å². The number of nitrogens with zero attached hydrogens (tertiary/aromatic N) is 6. The van der Waals surface area contributed by atoms with Crippen molar-refractivity contribution >= 4 is 75.5 Å². The minimum Gasteiger partial charge on any atom is -0.477 e. The van der Waals surface area contributed by atoms with Gasteiger partial charge in [0.05, 0.1) is 6.54 Å². The van der Waals surface area contributed by atoms with Gasteiger partial charge in [-0.1, -0.05) is 5.16 Å². The number of nitrogen functional groups attached to an aromatic ring is 1. The lowest BCUT2D eigenvalue weighted by atomic mass is 10.0. The standard InChI is InChI=1S/C21H20N8O8S3/c1-27-17(33)18(34)28(3-4-30)14(25-27)10(38)5-8-6-39-19-12(16(32)29(19)13(8)20(35)36)24-15(31)11(26-37-2)9-7-40-21(22)23-9/h4-5,7,12,19,38H,3,6H2,1-2H3,(H2,22,23)(H,24,31)(H,35,36). The normalized spacial score (nSPS) is 19.2. The first-order chi connectivity index (χ1) is 19.0. The highest BCUT2D eigenvalue weighted by atomic mass is 32.2. The van der Waals surface area contributed by atoms with E-state index in [1.807, 2.05) is 0 Å². The molecule has 2 aliphatic heterocycles. The van der Waals surface area contributed by atoms with Crippen LogP contribution in [0.1, 0.15) is 11.5 Å². The van der Waals surface area contributed by atoms with Gasteiger partial charge in [0, 0.05) is 23.1 Å². The number of carbonyl (C=O) groups excluding carboxylic acids is 3. The summed E-state index contributed by atoms with van der Waals surface area (Å²) in [5.41, 5.74) is 3.35. The summed E-state index contributed by atoms with van der Waals surface area (Å²) in [7, 11) is 2.47. The number of hydrogen-bond donors (Lipinski definition) is 4. The van der Waals surface area contributed by atoms with Crippen LogP contribution in [0.3, 0.4) is 0 Å². The van der Waals surface area contributed by atoms with E-state index >= 15 is 0 Å². The third-order valence-electron chi connectivity index (χ3n) is 5.67. The summed E-state index contributed by atoms with van der Waals surface area (Å²) in [6, 6.07) is -1.08. The highest BCUT2D eigenvalue weighted by molar-refractivity contribution is 8.00. The number of anilines is 1. The van der Waals surface area contributed by atoms with E-state index in [1.54, 1.807) is 0 Å². The topological polar surface area (TPSA) is 221 Å². The van der Waals surface area contributed by atoms with Crippen LogP contribution in [-0.2, 0) is 37.6 Å². The van der Waals surface area contributed by atoms with Crippen molar-refractivity contribution in [3.8, 4) is 0 Å². The molecule has 1 fully saturated rings. The number of aliphatic carboxylic acids is 1. The van der Waals surface area contributed by atoms with Crippen molar-refractivity contribution in [1.29, 1.82) is 0 Å². The number of allylic oxidation sites excluding steroid dienone is 1. The molecular formula is C21H20N8O8S3. The van der Waals surface area contributed by atoms with Crippen molar-refractivity contribution in [2.75, 3.05) is 18.6 Å². The maximum absolute atomic E-state index is 13.1. The summed E-state index contributed by atoms with van der Waals surface area (Å²) in [5.74, 6) is -2.97. The van der Waals surface area contributed by atoms with Crippen molar-refractivity contribution in [1.82, 2.24) is 29.5 Å². The van der Waals surface area contributed by atoms with E-state index < -0.39 is 46.9 Å². The Kier molecular flexibility index (Phi) is 8.26. The molecule has 2 unspecified atom stereocenters. The molecule has 0 aliphatic carbocycles.